The molecule has 2 N–H and O–H groups in total. The molecule has 98 valence electrons. The van der Waals surface area contributed by atoms with E-state index < -0.39 is 0 Å². The molecule has 0 unspecified atom stereocenters. The second-order valence-corrected chi connectivity index (χ2v) is 4.63. The molecule has 0 bridgehead atoms. The normalized spacial score (nSPS) is 10.1. The zero-order chi connectivity index (χ0) is 13.7. The molecule has 0 fully saturated rings. The third-order valence-electron chi connectivity index (χ3n) is 2.33. The van der Waals surface area contributed by atoms with Crippen LogP contribution in [0.15, 0.2) is 23.4 Å². The van der Waals surface area contributed by atoms with Crippen LogP contribution in [0.3, 0.4) is 0 Å². The van der Waals surface area contributed by atoms with Crippen LogP contribution in [0, 0.1) is 17.7 Å². The average molecular weight is 277 g/mol. The van der Waals surface area contributed by atoms with Gasteiger partial charge in [0.1, 0.15) is 5.82 Å². The van der Waals surface area contributed by atoms with Crippen molar-refractivity contribution in [1.29, 1.82) is 0 Å². The second-order valence-electron chi connectivity index (χ2n) is 3.69. The minimum absolute atomic E-state index is 0.262. The van der Waals surface area contributed by atoms with Gasteiger partial charge in [0.25, 0.3) is 0 Å². The minimum Gasteiger partial charge on any atom is -0.320 e. The van der Waals surface area contributed by atoms with Gasteiger partial charge >= 0.3 is 0 Å². The molecule has 0 atom stereocenters. The quantitative estimate of drug-likeness (QED) is 0.668. The van der Waals surface area contributed by atoms with Crippen LogP contribution in [0.4, 0.5) is 4.39 Å². The summed E-state index contributed by atoms with van der Waals surface area (Å²) in [6, 6.07) is 4.90. The Hall–Kier alpha value is -1.91. The summed E-state index contributed by atoms with van der Waals surface area (Å²) in [6.45, 7) is 0.262. The number of aromatic nitrogens is 4. The van der Waals surface area contributed by atoms with Gasteiger partial charge in [-0.15, -0.1) is 5.10 Å². The van der Waals surface area contributed by atoms with Crippen LogP contribution < -0.4 is 5.73 Å². The van der Waals surface area contributed by atoms with E-state index in [0.717, 1.165) is 0 Å². The summed E-state index contributed by atoms with van der Waals surface area (Å²) < 4.78 is 15.4. The fourth-order valence-corrected chi connectivity index (χ4v) is 2.22. The smallest absolute Gasteiger partial charge is 0.209 e. The zero-order valence-corrected chi connectivity index (χ0v) is 11.1. The van der Waals surface area contributed by atoms with Crippen molar-refractivity contribution in [2.24, 2.45) is 12.8 Å². The van der Waals surface area contributed by atoms with Crippen LogP contribution in [0.25, 0.3) is 0 Å². The fourth-order valence-electron chi connectivity index (χ4n) is 1.38. The third-order valence-corrected chi connectivity index (χ3v) is 3.39. The van der Waals surface area contributed by atoms with Crippen LogP contribution in [0.1, 0.15) is 11.1 Å². The number of aryl methyl sites for hydroxylation is 1. The van der Waals surface area contributed by atoms with E-state index in [2.05, 4.69) is 27.4 Å². The van der Waals surface area contributed by atoms with E-state index in [4.69, 9.17) is 5.73 Å². The lowest BCUT2D eigenvalue weighted by Crippen LogP contribution is -1.95. The molecule has 7 heteroatoms. The molecule has 0 radical (unpaired) electrons. The summed E-state index contributed by atoms with van der Waals surface area (Å²) in [4.78, 5) is 0. The predicted molar refractivity (Wildman–Crippen MR) is 70.7 cm³/mol. The Morgan fingerprint density at radius 3 is 2.95 bits per heavy atom. The van der Waals surface area contributed by atoms with Crippen molar-refractivity contribution in [1.82, 2.24) is 20.2 Å². The van der Waals surface area contributed by atoms with E-state index in [0.29, 0.717) is 22.0 Å². The van der Waals surface area contributed by atoms with Crippen molar-refractivity contribution in [2.45, 2.75) is 10.9 Å². The molecule has 0 spiro atoms. The van der Waals surface area contributed by atoms with E-state index >= 15 is 0 Å². The summed E-state index contributed by atoms with van der Waals surface area (Å²) in [6.07, 6.45) is 0. The highest BCUT2D eigenvalue weighted by Gasteiger charge is 2.07. The van der Waals surface area contributed by atoms with Crippen molar-refractivity contribution in [2.75, 3.05) is 6.54 Å². The second kappa shape index (κ2) is 6.31. The standard InChI is InChI=1S/C12H12FN5S/c1-18-12(15-16-17-18)19-8-10-5-4-9(3-2-6-14)7-11(10)13/h4-5,7H,6,8,14H2,1H3. The first kappa shape index (κ1) is 13.5. The molecule has 0 amide bonds. The number of hydrogen-bond acceptors (Lipinski definition) is 5. The predicted octanol–water partition coefficient (Wildman–Crippen LogP) is 0.952. The number of nitrogens with zero attached hydrogens (tertiary/aromatic N) is 4. The summed E-state index contributed by atoms with van der Waals surface area (Å²) in [5, 5.41) is 11.7. The Bertz CT molecular complexity index is 629. The summed E-state index contributed by atoms with van der Waals surface area (Å²) in [5.74, 6) is 5.66. The molecule has 2 aromatic rings. The van der Waals surface area contributed by atoms with Gasteiger partial charge in [-0.05, 0) is 28.1 Å². The number of hydrogen-bond donors (Lipinski definition) is 1. The summed E-state index contributed by atoms with van der Waals surface area (Å²) in [5.41, 5.74) is 6.48. The SMILES string of the molecule is Cn1nnnc1SCc1ccc(C#CCN)cc1F. The van der Waals surface area contributed by atoms with Crippen LogP contribution in [-0.2, 0) is 12.8 Å². The van der Waals surface area contributed by atoms with Gasteiger partial charge in [0.05, 0.1) is 6.54 Å². The van der Waals surface area contributed by atoms with Crippen LogP contribution in [-0.4, -0.2) is 26.8 Å². The van der Waals surface area contributed by atoms with Gasteiger partial charge in [-0.1, -0.05) is 29.7 Å². The molecular weight excluding hydrogens is 265 g/mol. The zero-order valence-electron chi connectivity index (χ0n) is 10.3. The van der Waals surface area contributed by atoms with Gasteiger partial charge < -0.3 is 5.73 Å². The van der Waals surface area contributed by atoms with Gasteiger partial charge in [-0.3, -0.25) is 0 Å². The molecule has 0 aliphatic rings. The first-order chi connectivity index (χ1) is 9.20. The van der Waals surface area contributed by atoms with Crippen LogP contribution in [0.5, 0.6) is 0 Å². The Morgan fingerprint density at radius 2 is 2.32 bits per heavy atom. The highest BCUT2D eigenvalue weighted by molar-refractivity contribution is 7.98. The van der Waals surface area contributed by atoms with Crippen molar-refractivity contribution in [3.63, 3.8) is 0 Å². The Morgan fingerprint density at radius 1 is 1.47 bits per heavy atom. The van der Waals surface area contributed by atoms with Crippen LogP contribution >= 0.6 is 11.8 Å². The maximum absolute atomic E-state index is 13.8. The maximum Gasteiger partial charge on any atom is 0.209 e. The topological polar surface area (TPSA) is 69.6 Å². The molecule has 19 heavy (non-hydrogen) atoms. The van der Waals surface area contributed by atoms with Gasteiger partial charge in [0, 0.05) is 18.4 Å². The Balaban J connectivity index is 2.07. The monoisotopic (exact) mass is 277 g/mol. The van der Waals surface area contributed by atoms with Gasteiger partial charge in [-0.25, -0.2) is 9.07 Å². The molecule has 1 heterocycles. The van der Waals surface area contributed by atoms with E-state index in [1.165, 1.54) is 17.8 Å². The highest BCUT2D eigenvalue weighted by atomic mass is 32.2. The number of halogens is 1. The van der Waals surface area contributed by atoms with Crippen molar-refractivity contribution < 1.29 is 4.39 Å². The van der Waals surface area contributed by atoms with Crippen molar-refractivity contribution in [3.05, 3.63) is 35.1 Å². The summed E-state index contributed by atoms with van der Waals surface area (Å²) in [7, 11) is 1.74. The number of nitrogens with two attached hydrogens (primary N) is 1. The molecule has 1 aromatic heterocycles. The largest absolute Gasteiger partial charge is 0.320 e. The molecule has 5 nitrogen and oxygen atoms in total. The minimum atomic E-state index is -0.286. The molecule has 0 saturated heterocycles. The maximum atomic E-state index is 13.8. The first-order valence-electron chi connectivity index (χ1n) is 5.53. The highest BCUT2D eigenvalue weighted by Crippen LogP contribution is 2.21. The van der Waals surface area contributed by atoms with Gasteiger partial charge in [0.2, 0.25) is 5.16 Å². The van der Waals surface area contributed by atoms with E-state index in [9.17, 15) is 4.39 Å². The van der Waals surface area contributed by atoms with Gasteiger partial charge in [0.15, 0.2) is 0 Å². The first-order valence-corrected chi connectivity index (χ1v) is 6.52. The van der Waals surface area contributed by atoms with Crippen LogP contribution in [0.2, 0.25) is 0 Å². The van der Waals surface area contributed by atoms with E-state index in [1.54, 1.807) is 23.9 Å². The number of benzene rings is 1. The molecule has 1 aromatic carbocycles. The molecular formula is C12H12FN5S. The number of tetrazole rings is 1. The summed E-state index contributed by atoms with van der Waals surface area (Å²) >= 11 is 1.38. The molecule has 0 saturated carbocycles. The average Bonchev–Trinajstić information content (AvgIpc) is 2.81. The fraction of sp³-hybridized carbons (Fsp3) is 0.250. The lowest BCUT2D eigenvalue weighted by atomic mass is 10.1. The van der Waals surface area contributed by atoms with E-state index in [1.807, 2.05) is 0 Å². The lowest BCUT2D eigenvalue weighted by molar-refractivity contribution is 0.616. The molecule has 0 aliphatic heterocycles. The molecule has 2 rings (SSSR count). The Kier molecular flexibility index (Phi) is 4.49. The third kappa shape index (κ3) is 3.53. The lowest BCUT2D eigenvalue weighted by Gasteiger charge is -2.02. The van der Waals surface area contributed by atoms with Gasteiger partial charge in [-0.2, -0.15) is 0 Å². The van der Waals surface area contributed by atoms with Crippen molar-refractivity contribution in [3.8, 4) is 11.8 Å². The number of thioether (sulfide) groups is 1. The van der Waals surface area contributed by atoms with E-state index in [-0.39, 0.29) is 12.4 Å². The molecule has 0 aliphatic carbocycles. The van der Waals surface area contributed by atoms with Crippen molar-refractivity contribution >= 4 is 11.8 Å². The number of rotatable bonds is 3. The Labute approximate surface area is 114 Å².